The van der Waals surface area contributed by atoms with Gasteiger partial charge in [-0.2, -0.15) is 0 Å². The van der Waals surface area contributed by atoms with Crippen LogP contribution in [-0.4, -0.2) is 108 Å². The Bertz CT molecular complexity index is 1460. The van der Waals surface area contributed by atoms with Crippen LogP contribution in [0.3, 0.4) is 0 Å². The highest BCUT2D eigenvalue weighted by molar-refractivity contribution is 9.10. The van der Waals surface area contributed by atoms with Crippen LogP contribution in [0, 0.1) is 0 Å². The lowest BCUT2D eigenvalue weighted by Gasteiger charge is -2.36. The van der Waals surface area contributed by atoms with Gasteiger partial charge in [0.15, 0.2) is 0 Å². The smallest absolute Gasteiger partial charge is 0.410 e. The molecule has 2 amide bonds. The first kappa shape index (κ1) is 48.1. The molecule has 0 spiro atoms. The molecule has 0 atom stereocenters. The van der Waals surface area contributed by atoms with E-state index in [9.17, 15) is 9.59 Å². The van der Waals surface area contributed by atoms with E-state index in [1.54, 1.807) is 9.80 Å². The van der Waals surface area contributed by atoms with Crippen molar-refractivity contribution in [1.82, 2.24) is 19.6 Å². The van der Waals surface area contributed by atoms with Crippen molar-refractivity contribution in [2.75, 3.05) is 70.3 Å². The van der Waals surface area contributed by atoms with Crippen LogP contribution in [0.1, 0.15) is 118 Å². The second kappa shape index (κ2) is 23.4. The zero-order valence-corrected chi connectivity index (χ0v) is 37.4. The molecule has 2 aromatic carbocycles. The number of halogens is 3. The molecule has 0 unspecified atom stereocenters. The molecule has 0 N–H and O–H groups in total. The van der Waals surface area contributed by atoms with Crippen molar-refractivity contribution in [2.24, 2.45) is 0 Å². The van der Waals surface area contributed by atoms with Gasteiger partial charge in [-0.15, -0.1) is 0 Å². The molecule has 0 radical (unpaired) electrons. The third-order valence-electron chi connectivity index (χ3n) is 9.95. The lowest BCUT2D eigenvalue weighted by atomic mass is 10.0. The first-order chi connectivity index (χ1) is 26.0. The number of benzene rings is 2. The summed E-state index contributed by atoms with van der Waals surface area (Å²) in [5.41, 5.74) is 2.77. The summed E-state index contributed by atoms with van der Waals surface area (Å²) in [6.45, 7) is 21.5. The molecule has 3 heterocycles. The molecule has 9 nitrogen and oxygen atoms in total. The number of carbonyl (C=O) groups is 2. The molecule has 3 saturated heterocycles. The van der Waals surface area contributed by atoms with Crippen LogP contribution in [0.2, 0.25) is 10.0 Å². The Labute approximate surface area is 357 Å². The van der Waals surface area contributed by atoms with Crippen LogP contribution >= 0.6 is 39.1 Å². The fourth-order valence-corrected chi connectivity index (χ4v) is 8.35. The normalized spacial score (nSPS) is 18.4. The summed E-state index contributed by atoms with van der Waals surface area (Å²) in [5.74, 6) is 0. The van der Waals surface area contributed by atoms with Crippen LogP contribution in [0.25, 0.3) is 0 Å². The van der Waals surface area contributed by atoms with Crippen molar-refractivity contribution in [1.29, 1.82) is 0 Å². The Balaban J connectivity index is 0.000000260. The molecule has 2 aromatic rings. The van der Waals surface area contributed by atoms with E-state index in [1.165, 1.54) is 74.6 Å². The van der Waals surface area contributed by atoms with Crippen LogP contribution < -0.4 is 4.90 Å². The molecule has 12 heteroatoms. The largest absolute Gasteiger partial charge is 0.444 e. The van der Waals surface area contributed by atoms with Crippen LogP contribution in [-0.2, 0) is 22.6 Å². The van der Waals surface area contributed by atoms with Crippen molar-refractivity contribution < 1.29 is 19.1 Å². The summed E-state index contributed by atoms with van der Waals surface area (Å²) < 4.78 is 11.9. The fraction of sp³-hybridized carbons (Fsp3) is 0.682. The SMILES string of the molecule is C.C1CCCCC1.CC(C)(C)OC(=O)N1CCN(Cc2cc(Cl)cc(Br)c2)CC1.CC(C)(C)OC(=O)N1CCN(Cc2cc(Cl)cc(N3CCCCC3)c2)CC1. The van der Waals surface area contributed by atoms with E-state index < -0.39 is 11.2 Å². The first-order valence-electron chi connectivity index (χ1n) is 20.4. The highest BCUT2D eigenvalue weighted by atomic mass is 79.9. The molecular formula is C44H70BrCl2N5O4. The van der Waals surface area contributed by atoms with Crippen molar-refractivity contribution in [3.05, 3.63) is 62.0 Å². The minimum Gasteiger partial charge on any atom is -0.444 e. The summed E-state index contributed by atoms with van der Waals surface area (Å²) in [5, 5.41) is 1.54. The maximum atomic E-state index is 12.2. The maximum Gasteiger partial charge on any atom is 0.410 e. The Morgan fingerprint density at radius 3 is 1.32 bits per heavy atom. The molecule has 4 aliphatic rings. The molecule has 56 heavy (non-hydrogen) atoms. The minimum atomic E-state index is -0.445. The topological polar surface area (TPSA) is 68.8 Å². The average Bonchev–Trinajstić information content (AvgIpc) is 3.12. The number of nitrogens with zero attached hydrogens (tertiary/aromatic N) is 5. The summed E-state index contributed by atoms with van der Waals surface area (Å²) in [6.07, 6.45) is 12.4. The van der Waals surface area contributed by atoms with E-state index >= 15 is 0 Å². The molecule has 0 bridgehead atoms. The van der Waals surface area contributed by atoms with Crippen molar-refractivity contribution in [3.8, 4) is 0 Å². The van der Waals surface area contributed by atoms with Crippen LogP contribution in [0.5, 0.6) is 0 Å². The minimum absolute atomic E-state index is 0. The zero-order valence-electron chi connectivity index (χ0n) is 34.3. The van der Waals surface area contributed by atoms with E-state index in [0.717, 1.165) is 66.9 Å². The second-order valence-corrected chi connectivity index (χ2v) is 19.0. The van der Waals surface area contributed by atoms with Gasteiger partial charge in [-0.1, -0.05) is 85.1 Å². The molecule has 316 valence electrons. The number of ether oxygens (including phenoxy) is 2. The van der Waals surface area contributed by atoms with E-state index in [4.69, 9.17) is 32.7 Å². The van der Waals surface area contributed by atoms with Gasteiger partial charge >= 0.3 is 12.2 Å². The molecule has 3 aliphatic heterocycles. The second-order valence-electron chi connectivity index (χ2n) is 17.3. The first-order valence-corrected chi connectivity index (χ1v) is 22.0. The summed E-state index contributed by atoms with van der Waals surface area (Å²) in [7, 11) is 0. The Morgan fingerprint density at radius 1 is 0.554 bits per heavy atom. The van der Waals surface area contributed by atoms with Gasteiger partial charge in [-0.05, 0) is 108 Å². The quantitative estimate of drug-likeness (QED) is 0.296. The summed E-state index contributed by atoms with van der Waals surface area (Å²) in [6, 6.07) is 12.4. The van der Waals surface area contributed by atoms with Crippen molar-refractivity contribution in [3.63, 3.8) is 0 Å². The molecule has 1 saturated carbocycles. The highest BCUT2D eigenvalue weighted by Gasteiger charge is 2.27. The van der Waals surface area contributed by atoms with Gasteiger partial charge < -0.3 is 24.2 Å². The van der Waals surface area contributed by atoms with Gasteiger partial charge in [0.1, 0.15) is 11.2 Å². The van der Waals surface area contributed by atoms with Gasteiger partial charge in [-0.3, -0.25) is 9.80 Å². The fourth-order valence-electron chi connectivity index (χ4n) is 7.17. The molecule has 1 aliphatic carbocycles. The monoisotopic (exact) mass is 881 g/mol. The predicted octanol–water partition coefficient (Wildman–Crippen LogP) is 11.5. The molecule has 4 fully saturated rings. The number of piperidine rings is 1. The molecule has 0 aromatic heterocycles. The van der Waals surface area contributed by atoms with E-state index in [1.807, 2.05) is 53.7 Å². The summed E-state index contributed by atoms with van der Waals surface area (Å²) in [4.78, 5) is 35.0. The molecule has 6 rings (SSSR count). The number of amides is 2. The molecular weight excluding hydrogens is 813 g/mol. The Morgan fingerprint density at radius 2 is 0.929 bits per heavy atom. The maximum absolute atomic E-state index is 12.2. The number of hydrogen-bond donors (Lipinski definition) is 0. The third-order valence-corrected chi connectivity index (χ3v) is 10.8. The number of carbonyl (C=O) groups excluding carboxylic acids is 2. The van der Waals surface area contributed by atoms with Crippen molar-refractivity contribution >= 4 is 57.0 Å². The lowest BCUT2D eigenvalue weighted by molar-refractivity contribution is 0.0129. The van der Waals surface area contributed by atoms with E-state index in [0.29, 0.717) is 26.2 Å². The van der Waals surface area contributed by atoms with Crippen LogP contribution in [0.15, 0.2) is 40.9 Å². The van der Waals surface area contributed by atoms with Gasteiger partial charge in [-0.25, -0.2) is 9.59 Å². The zero-order chi connectivity index (χ0) is 40.0. The Kier molecular flexibility index (Phi) is 20.1. The summed E-state index contributed by atoms with van der Waals surface area (Å²) >= 11 is 15.9. The Hall–Kier alpha value is -2.24. The van der Waals surface area contributed by atoms with E-state index in [-0.39, 0.29) is 19.6 Å². The van der Waals surface area contributed by atoms with E-state index in [2.05, 4.69) is 54.9 Å². The van der Waals surface area contributed by atoms with Crippen molar-refractivity contribution in [2.45, 2.75) is 131 Å². The number of rotatable bonds is 5. The van der Waals surface area contributed by atoms with Gasteiger partial charge in [0.25, 0.3) is 0 Å². The highest BCUT2D eigenvalue weighted by Crippen LogP contribution is 2.27. The van der Waals surface area contributed by atoms with Gasteiger partial charge in [0.05, 0.1) is 0 Å². The number of piperazine rings is 2. The third kappa shape index (κ3) is 18.1. The van der Waals surface area contributed by atoms with Gasteiger partial charge in [0, 0.05) is 98.7 Å². The predicted molar refractivity (Wildman–Crippen MR) is 237 cm³/mol. The lowest BCUT2D eigenvalue weighted by Crippen LogP contribution is -2.49. The van der Waals surface area contributed by atoms with Gasteiger partial charge in [0.2, 0.25) is 0 Å². The average molecular weight is 884 g/mol. The number of hydrogen-bond acceptors (Lipinski definition) is 7. The standard InChI is InChI=1S/C21H32ClN3O2.C16H22BrClN2O2.C6H12.CH4/c1-21(2,3)27-20(26)25-11-9-23(10-12-25)16-17-13-18(22)15-19(14-17)24-7-5-4-6-8-24;1-16(2,3)22-15(21)20-6-4-19(5-7-20)11-12-8-13(17)10-14(18)9-12;1-2-4-6-5-3-1;/h13-15H,4-12,16H2,1-3H3;8-10H,4-7,11H2,1-3H3;1-6H2;1H4. The van der Waals surface area contributed by atoms with Crippen LogP contribution in [0.4, 0.5) is 15.3 Å². The number of anilines is 1.